The molecule has 6 rings (SSSR count). The van der Waals surface area contributed by atoms with Crippen LogP contribution in [0.5, 0.6) is 0 Å². The summed E-state index contributed by atoms with van der Waals surface area (Å²) in [5, 5.41) is 8.34. The predicted molar refractivity (Wildman–Crippen MR) is 253 cm³/mol. The Bertz CT molecular complexity index is 2240. The number of hydrogen-bond acceptors (Lipinski definition) is 5. The number of alkyl halides is 6. The highest BCUT2D eigenvalue weighted by Gasteiger charge is 2.47. The fourth-order valence-corrected chi connectivity index (χ4v) is 10.7. The molecule has 16 heteroatoms. The zero-order chi connectivity index (χ0) is 48.7. The molecule has 4 aromatic rings. The van der Waals surface area contributed by atoms with Crippen molar-refractivity contribution in [1.82, 2.24) is 20.9 Å². The van der Waals surface area contributed by atoms with E-state index in [-0.39, 0.29) is 27.7 Å². The van der Waals surface area contributed by atoms with E-state index in [1.54, 1.807) is 0 Å². The minimum Gasteiger partial charge on any atom is -0.416 e. The normalized spacial score (nSPS) is 17.2. The van der Waals surface area contributed by atoms with E-state index >= 15 is 0 Å². The summed E-state index contributed by atoms with van der Waals surface area (Å²) in [6, 6.07) is 25.1. The lowest BCUT2D eigenvalue weighted by Gasteiger charge is -2.46. The van der Waals surface area contributed by atoms with Crippen LogP contribution in [-0.2, 0) is 16.8 Å². The molecule has 0 spiro atoms. The van der Waals surface area contributed by atoms with Crippen LogP contribution in [0.15, 0.2) is 97.1 Å². The smallest absolute Gasteiger partial charge is 0.416 e. The maximum Gasteiger partial charge on any atom is 0.417 e. The van der Waals surface area contributed by atoms with Crippen LogP contribution < -0.4 is 16.0 Å². The highest BCUT2D eigenvalue weighted by Crippen LogP contribution is 2.46. The molecule has 2 atom stereocenters. The van der Waals surface area contributed by atoms with Crippen LogP contribution in [0.1, 0.15) is 127 Å². The number of amides is 2. The molecule has 0 bridgehead atoms. The van der Waals surface area contributed by atoms with E-state index in [9.17, 15) is 35.9 Å². The molecule has 7 nitrogen and oxygen atoms in total. The number of hydrogen-bond donors (Lipinski definition) is 3. The number of carbonyl (C=O) groups excluding carboxylic acids is 2. The van der Waals surface area contributed by atoms with E-state index in [0.29, 0.717) is 13.2 Å². The molecule has 4 aromatic carbocycles. The monoisotopic (exact) mass is 978 g/mol. The van der Waals surface area contributed by atoms with Crippen molar-refractivity contribution in [2.45, 2.75) is 126 Å². The summed E-state index contributed by atoms with van der Waals surface area (Å²) < 4.78 is 86.3. The van der Waals surface area contributed by atoms with Gasteiger partial charge in [0.15, 0.2) is 8.32 Å². The second kappa shape index (κ2) is 21.6. The highest BCUT2D eigenvalue weighted by atomic mass is 35.5. The van der Waals surface area contributed by atoms with Crippen molar-refractivity contribution in [3.8, 4) is 0 Å². The van der Waals surface area contributed by atoms with Gasteiger partial charge in [-0.2, -0.15) is 26.3 Å². The molecule has 3 N–H and O–H groups in total. The quantitative estimate of drug-likeness (QED) is 0.0866. The summed E-state index contributed by atoms with van der Waals surface area (Å²) >= 11 is 12.1. The van der Waals surface area contributed by atoms with E-state index in [0.717, 1.165) is 74.6 Å². The molecule has 66 heavy (non-hydrogen) atoms. The molecule has 0 saturated heterocycles. The van der Waals surface area contributed by atoms with Crippen molar-refractivity contribution >= 4 is 43.3 Å². The van der Waals surface area contributed by atoms with Gasteiger partial charge in [0.1, 0.15) is 0 Å². The van der Waals surface area contributed by atoms with Crippen LogP contribution in [0.25, 0.3) is 0 Å². The first-order valence-electron chi connectivity index (χ1n) is 22.4. The van der Waals surface area contributed by atoms with Crippen molar-refractivity contribution in [2.24, 2.45) is 0 Å². The Kier molecular flexibility index (Phi) is 17.3. The van der Waals surface area contributed by atoms with Crippen LogP contribution in [0, 0.1) is 0 Å². The summed E-state index contributed by atoms with van der Waals surface area (Å²) in [4.78, 5) is 28.7. The number of benzene rings is 4. The standard InChI is InChI=1S/C29H40ClF3N2O2Si.C21H22ClF3N2O/c1-27(2,3)38(5,6)37-20-19-35(4)28(17-10-11-18-28)25(21-13-8-7-9-14-21)34-26(36)22-15-12-16-23(24(22)30)29(31,32)33;1-26-20(12-5-6-13-20)18(14-8-3-2-4-9-14)27-19(28)15-10-7-11-16(17(15)22)21(23,24)25/h7-9,12-16,25H,10-11,17-20H2,1-6H3,(H,34,36);2-4,7-11,18,26H,5-6,12-13H2,1H3,(H,27,28). The van der Waals surface area contributed by atoms with Gasteiger partial charge in [-0.1, -0.05) is 142 Å². The fourth-order valence-electron chi connectivity index (χ4n) is 9.07. The van der Waals surface area contributed by atoms with Gasteiger partial charge in [0.2, 0.25) is 0 Å². The molecule has 2 aliphatic rings. The number of likely N-dealkylation sites (N-methyl/N-ethyl adjacent to an activating group) is 2. The highest BCUT2D eigenvalue weighted by molar-refractivity contribution is 6.74. The number of rotatable bonds is 14. The Morgan fingerprint density at radius 2 is 1.08 bits per heavy atom. The minimum absolute atomic E-state index is 0.0986. The van der Waals surface area contributed by atoms with Gasteiger partial charge in [0, 0.05) is 24.2 Å². The summed E-state index contributed by atoms with van der Waals surface area (Å²) in [5.74, 6) is -1.24. The number of nitrogens with one attached hydrogen (secondary N) is 3. The Balaban J connectivity index is 0.000000259. The van der Waals surface area contributed by atoms with Gasteiger partial charge in [-0.05, 0) is 93.3 Å². The Morgan fingerprint density at radius 3 is 1.48 bits per heavy atom. The van der Waals surface area contributed by atoms with Crippen LogP contribution in [0.4, 0.5) is 26.3 Å². The van der Waals surface area contributed by atoms with E-state index in [1.165, 1.54) is 24.3 Å². The Morgan fingerprint density at radius 1 is 0.667 bits per heavy atom. The van der Waals surface area contributed by atoms with Gasteiger partial charge < -0.3 is 20.4 Å². The zero-order valence-electron chi connectivity index (χ0n) is 38.7. The van der Waals surface area contributed by atoms with Crippen LogP contribution in [-0.4, -0.2) is 63.4 Å². The Hall–Kier alpha value is -3.92. The van der Waals surface area contributed by atoms with Gasteiger partial charge in [-0.25, -0.2) is 0 Å². The summed E-state index contributed by atoms with van der Waals surface area (Å²) in [5.41, 5.74) is -1.35. The first-order chi connectivity index (χ1) is 30.9. The lowest BCUT2D eigenvalue weighted by Crippen LogP contribution is -2.56. The molecule has 360 valence electrons. The molecule has 2 fully saturated rings. The van der Waals surface area contributed by atoms with Crippen molar-refractivity contribution < 1.29 is 40.4 Å². The largest absolute Gasteiger partial charge is 0.417 e. The lowest BCUT2D eigenvalue weighted by molar-refractivity contribution is -0.138. The first kappa shape index (κ1) is 53.0. The van der Waals surface area contributed by atoms with E-state index in [4.69, 9.17) is 27.6 Å². The molecular weight excluding hydrogens is 918 g/mol. The fraction of sp³-hybridized carbons (Fsp3) is 0.480. The maximum absolute atomic E-state index is 13.5. The second-order valence-corrected chi connectivity index (χ2v) is 24.5. The van der Waals surface area contributed by atoms with Crippen molar-refractivity contribution in [2.75, 3.05) is 27.2 Å². The maximum atomic E-state index is 13.5. The average molecular weight is 980 g/mol. The molecular formula is C50H62Cl2F6N4O3Si. The van der Waals surface area contributed by atoms with Gasteiger partial charge in [-0.15, -0.1) is 0 Å². The molecule has 2 unspecified atom stereocenters. The van der Waals surface area contributed by atoms with Crippen LogP contribution >= 0.6 is 23.2 Å². The van der Waals surface area contributed by atoms with Crippen molar-refractivity contribution in [3.05, 3.63) is 140 Å². The molecule has 2 amide bonds. The first-order valence-corrected chi connectivity index (χ1v) is 26.0. The minimum atomic E-state index is -4.65. The van der Waals surface area contributed by atoms with Crippen LogP contribution in [0.3, 0.4) is 0 Å². The van der Waals surface area contributed by atoms with Gasteiger partial charge in [0.05, 0.1) is 44.4 Å². The third-order valence-corrected chi connectivity index (χ3v) is 19.3. The van der Waals surface area contributed by atoms with Crippen LogP contribution in [0.2, 0.25) is 28.2 Å². The third kappa shape index (κ3) is 12.2. The van der Waals surface area contributed by atoms with E-state index < -0.39 is 65.2 Å². The lowest BCUT2D eigenvalue weighted by atomic mass is 9.81. The van der Waals surface area contributed by atoms with E-state index in [1.807, 2.05) is 67.7 Å². The summed E-state index contributed by atoms with van der Waals surface area (Å²) in [6.07, 6.45) is -1.82. The molecule has 2 saturated carbocycles. The molecule has 0 aliphatic heterocycles. The number of nitrogens with zero attached hydrogens (tertiary/aromatic N) is 1. The molecule has 0 radical (unpaired) electrons. The summed E-state index contributed by atoms with van der Waals surface area (Å²) in [6.45, 7) is 12.3. The zero-order valence-corrected chi connectivity index (χ0v) is 41.2. The third-order valence-electron chi connectivity index (χ3n) is 13.9. The number of halogens is 8. The molecule has 0 heterocycles. The van der Waals surface area contributed by atoms with Crippen molar-refractivity contribution in [1.29, 1.82) is 0 Å². The van der Waals surface area contributed by atoms with Gasteiger partial charge in [0.25, 0.3) is 11.8 Å². The molecule has 0 aromatic heterocycles. The second-order valence-electron chi connectivity index (χ2n) is 18.9. The van der Waals surface area contributed by atoms with Gasteiger partial charge in [-0.3, -0.25) is 14.5 Å². The topological polar surface area (TPSA) is 82.7 Å². The summed E-state index contributed by atoms with van der Waals surface area (Å²) in [7, 11) is 1.98. The number of carbonyl (C=O) groups is 2. The average Bonchev–Trinajstić information content (AvgIpc) is 3.96. The SMILES string of the molecule is CN(CCO[Si](C)(C)C(C)(C)C)C1(C(NC(=O)c2cccc(C(F)(F)F)c2Cl)c2ccccc2)CCCC1.CNC1(C(NC(=O)c2cccc(C(F)(F)F)c2Cl)c2ccccc2)CCCC1. The van der Waals surface area contributed by atoms with Crippen molar-refractivity contribution in [3.63, 3.8) is 0 Å². The van der Waals surface area contributed by atoms with Gasteiger partial charge >= 0.3 is 12.4 Å². The van der Waals surface area contributed by atoms with E-state index in [2.05, 4.69) is 61.8 Å². The Labute approximate surface area is 396 Å². The predicted octanol–water partition coefficient (Wildman–Crippen LogP) is 13.5. The molecule has 2 aliphatic carbocycles.